The molecule has 0 heterocycles. The molecular formula is C12H10N2O3. The summed E-state index contributed by atoms with van der Waals surface area (Å²) in [5.74, 6) is -1.36. The average Bonchev–Trinajstić information content (AvgIpc) is 2.35. The zero-order valence-corrected chi connectivity index (χ0v) is 8.92. The molecule has 86 valence electrons. The lowest BCUT2D eigenvalue weighted by atomic mass is 9.99. The van der Waals surface area contributed by atoms with Gasteiger partial charge in [0.1, 0.15) is 0 Å². The highest BCUT2D eigenvalue weighted by atomic mass is 16.4. The molecule has 0 fully saturated rings. The predicted molar refractivity (Wildman–Crippen MR) is 57.7 cm³/mol. The number of aryl methyl sites for hydroxylation is 1. The highest BCUT2D eigenvalue weighted by Crippen LogP contribution is 2.18. The van der Waals surface area contributed by atoms with Gasteiger partial charge in [0, 0.05) is 6.42 Å². The van der Waals surface area contributed by atoms with E-state index in [1.807, 2.05) is 12.1 Å². The molecule has 0 radical (unpaired) electrons. The summed E-state index contributed by atoms with van der Waals surface area (Å²) < 4.78 is 0. The van der Waals surface area contributed by atoms with Crippen molar-refractivity contribution in [2.45, 2.75) is 18.9 Å². The molecule has 17 heavy (non-hydrogen) atoms. The first kappa shape index (κ1) is 12.7. The molecule has 0 aromatic heterocycles. The van der Waals surface area contributed by atoms with Crippen molar-refractivity contribution in [1.29, 1.82) is 10.5 Å². The third kappa shape index (κ3) is 3.04. The number of nitrogens with zero attached hydrogens (tertiary/aromatic N) is 2. The number of nitriles is 2. The van der Waals surface area contributed by atoms with Crippen molar-refractivity contribution >= 4 is 5.97 Å². The lowest BCUT2D eigenvalue weighted by Gasteiger charge is -2.08. The van der Waals surface area contributed by atoms with Gasteiger partial charge in [-0.3, -0.25) is 0 Å². The topological polar surface area (TPSA) is 105 Å². The minimum absolute atomic E-state index is 0.162. The lowest BCUT2D eigenvalue weighted by molar-refractivity contribution is -0.146. The van der Waals surface area contributed by atoms with Gasteiger partial charge in [-0.2, -0.15) is 10.5 Å². The molecule has 5 heteroatoms. The molecule has 0 aliphatic rings. The number of benzene rings is 1. The van der Waals surface area contributed by atoms with Crippen LogP contribution in [-0.4, -0.2) is 16.2 Å². The standard InChI is InChI=1S/C12H10N2O3/c13-5-1-2-8-3-4-9(6-10(8)7-14)11(15)12(16)17/h3-4,6,11,15H,1-2H2,(H,16,17). The molecule has 1 aromatic carbocycles. The summed E-state index contributed by atoms with van der Waals surface area (Å²) in [6, 6.07) is 8.25. The molecule has 2 N–H and O–H groups in total. The van der Waals surface area contributed by atoms with Gasteiger partial charge in [0.25, 0.3) is 0 Å². The van der Waals surface area contributed by atoms with Gasteiger partial charge in [-0.1, -0.05) is 12.1 Å². The summed E-state index contributed by atoms with van der Waals surface area (Å²) in [5, 5.41) is 35.3. The molecule has 5 nitrogen and oxygen atoms in total. The van der Waals surface area contributed by atoms with Crippen molar-refractivity contribution in [3.63, 3.8) is 0 Å². The minimum Gasteiger partial charge on any atom is -0.479 e. The molecule has 0 saturated carbocycles. The Kier molecular flexibility index (Phi) is 4.21. The van der Waals surface area contributed by atoms with Crippen LogP contribution in [0.5, 0.6) is 0 Å². The molecule has 0 bridgehead atoms. The second-order valence-electron chi connectivity index (χ2n) is 3.43. The molecule has 1 atom stereocenters. The summed E-state index contributed by atoms with van der Waals surface area (Å²) in [4.78, 5) is 10.6. The van der Waals surface area contributed by atoms with Crippen molar-refractivity contribution in [2.75, 3.05) is 0 Å². The normalized spacial score (nSPS) is 11.2. The van der Waals surface area contributed by atoms with Crippen LogP contribution in [0.2, 0.25) is 0 Å². The van der Waals surface area contributed by atoms with Crippen molar-refractivity contribution < 1.29 is 15.0 Å². The Bertz CT molecular complexity index is 511. The Labute approximate surface area is 98.2 Å². The largest absolute Gasteiger partial charge is 0.479 e. The number of rotatable bonds is 4. The van der Waals surface area contributed by atoms with Crippen molar-refractivity contribution in [3.8, 4) is 12.1 Å². The summed E-state index contributed by atoms with van der Waals surface area (Å²) in [6.45, 7) is 0. The fourth-order valence-corrected chi connectivity index (χ4v) is 1.42. The van der Waals surface area contributed by atoms with E-state index >= 15 is 0 Å². The molecule has 1 aromatic rings. The third-order valence-corrected chi connectivity index (χ3v) is 2.31. The van der Waals surface area contributed by atoms with Gasteiger partial charge in [0.2, 0.25) is 0 Å². The lowest BCUT2D eigenvalue weighted by Crippen LogP contribution is -2.10. The molecule has 0 aliphatic carbocycles. The fourth-order valence-electron chi connectivity index (χ4n) is 1.42. The number of carboxylic acid groups (broad SMARTS) is 1. The van der Waals surface area contributed by atoms with Crippen LogP contribution in [0.15, 0.2) is 18.2 Å². The van der Waals surface area contributed by atoms with Gasteiger partial charge in [-0.25, -0.2) is 4.79 Å². The van der Waals surface area contributed by atoms with E-state index < -0.39 is 12.1 Å². The third-order valence-electron chi connectivity index (χ3n) is 2.31. The maximum atomic E-state index is 10.6. The first-order valence-corrected chi connectivity index (χ1v) is 4.91. The summed E-state index contributed by atoms with van der Waals surface area (Å²) in [6.07, 6.45) is -0.912. The van der Waals surface area contributed by atoms with Gasteiger partial charge in [-0.05, 0) is 23.6 Å². The molecule has 0 amide bonds. The maximum absolute atomic E-state index is 10.6. The van der Waals surface area contributed by atoms with Crippen molar-refractivity contribution in [2.24, 2.45) is 0 Å². The highest BCUT2D eigenvalue weighted by Gasteiger charge is 2.17. The first-order valence-electron chi connectivity index (χ1n) is 4.91. The second kappa shape index (κ2) is 5.64. The summed E-state index contributed by atoms with van der Waals surface area (Å²) in [7, 11) is 0. The van der Waals surface area contributed by atoms with Crippen LogP contribution in [0.25, 0.3) is 0 Å². The van der Waals surface area contributed by atoms with Gasteiger partial charge < -0.3 is 10.2 Å². The minimum atomic E-state index is -1.63. The van der Waals surface area contributed by atoms with Gasteiger partial charge in [0.15, 0.2) is 6.10 Å². The van der Waals surface area contributed by atoms with Crippen LogP contribution in [0.3, 0.4) is 0 Å². The van der Waals surface area contributed by atoms with E-state index in [0.717, 1.165) is 0 Å². The number of carbonyl (C=O) groups is 1. The molecule has 1 unspecified atom stereocenters. The summed E-state index contributed by atoms with van der Waals surface area (Å²) >= 11 is 0. The monoisotopic (exact) mass is 230 g/mol. The van der Waals surface area contributed by atoms with E-state index in [9.17, 15) is 9.90 Å². The Morgan fingerprint density at radius 2 is 2.12 bits per heavy atom. The zero-order valence-electron chi connectivity index (χ0n) is 8.92. The number of aliphatic hydroxyl groups excluding tert-OH is 1. The van der Waals surface area contributed by atoms with Crippen LogP contribution in [0.1, 0.15) is 29.2 Å². The van der Waals surface area contributed by atoms with E-state index in [1.54, 1.807) is 6.07 Å². The van der Waals surface area contributed by atoms with E-state index in [1.165, 1.54) is 12.1 Å². The van der Waals surface area contributed by atoms with Gasteiger partial charge >= 0.3 is 5.97 Å². The SMILES string of the molecule is N#CCCc1ccc(C(O)C(=O)O)cc1C#N. The number of hydrogen-bond acceptors (Lipinski definition) is 4. The second-order valence-corrected chi connectivity index (χ2v) is 3.43. The van der Waals surface area contributed by atoms with Crippen LogP contribution >= 0.6 is 0 Å². The van der Waals surface area contributed by atoms with Crippen LogP contribution < -0.4 is 0 Å². The van der Waals surface area contributed by atoms with Gasteiger partial charge in [-0.15, -0.1) is 0 Å². The molecule has 1 rings (SSSR count). The van der Waals surface area contributed by atoms with E-state index in [-0.39, 0.29) is 17.5 Å². The molecule has 0 spiro atoms. The number of hydrogen-bond donors (Lipinski definition) is 2. The predicted octanol–water partition coefficient (Wildman–Crippen LogP) is 1.13. The van der Waals surface area contributed by atoms with E-state index in [0.29, 0.717) is 12.0 Å². The first-order chi connectivity index (χ1) is 8.10. The van der Waals surface area contributed by atoms with E-state index in [4.69, 9.17) is 15.6 Å². The van der Waals surface area contributed by atoms with E-state index in [2.05, 4.69) is 0 Å². The Hall–Kier alpha value is -2.37. The van der Waals surface area contributed by atoms with Crippen LogP contribution in [0, 0.1) is 22.7 Å². The smallest absolute Gasteiger partial charge is 0.337 e. The van der Waals surface area contributed by atoms with Crippen molar-refractivity contribution in [1.82, 2.24) is 0 Å². The number of aliphatic hydroxyl groups is 1. The van der Waals surface area contributed by atoms with Gasteiger partial charge in [0.05, 0.1) is 17.7 Å². The van der Waals surface area contributed by atoms with Crippen molar-refractivity contribution in [3.05, 3.63) is 34.9 Å². The fraction of sp³-hybridized carbons (Fsp3) is 0.250. The summed E-state index contributed by atoms with van der Waals surface area (Å²) in [5.41, 5.74) is 1.13. The zero-order chi connectivity index (χ0) is 12.8. The number of aliphatic carboxylic acids is 1. The van der Waals surface area contributed by atoms with Crippen LogP contribution in [0.4, 0.5) is 0 Å². The Morgan fingerprint density at radius 1 is 1.41 bits per heavy atom. The Balaban J connectivity index is 3.06. The average molecular weight is 230 g/mol. The maximum Gasteiger partial charge on any atom is 0.337 e. The molecule has 0 aliphatic heterocycles. The Morgan fingerprint density at radius 3 is 2.65 bits per heavy atom. The molecule has 0 saturated heterocycles. The number of carboxylic acids is 1. The quantitative estimate of drug-likeness (QED) is 0.806. The highest BCUT2D eigenvalue weighted by molar-refractivity contribution is 5.74. The van der Waals surface area contributed by atoms with Crippen LogP contribution in [-0.2, 0) is 11.2 Å². The molecular weight excluding hydrogens is 220 g/mol.